The summed E-state index contributed by atoms with van der Waals surface area (Å²) in [4.78, 5) is 12.3. The molecule has 0 unspecified atom stereocenters. The molecule has 3 rings (SSSR count). The lowest BCUT2D eigenvalue weighted by Crippen LogP contribution is -2.35. The molecular weight excluding hydrogens is 334 g/mol. The van der Waals surface area contributed by atoms with Crippen LogP contribution in [0, 0.1) is 13.8 Å². The zero-order valence-electron chi connectivity index (χ0n) is 14.9. The minimum absolute atomic E-state index is 0.0629. The number of thioether (sulfide) groups is 1. The number of aromatic nitrogens is 4. The van der Waals surface area contributed by atoms with Crippen LogP contribution in [0.5, 0.6) is 0 Å². The number of aryl methyl sites for hydroxylation is 2. The van der Waals surface area contributed by atoms with E-state index in [1.165, 1.54) is 37.4 Å². The van der Waals surface area contributed by atoms with Crippen molar-refractivity contribution in [2.75, 3.05) is 5.75 Å². The van der Waals surface area contributed by atoms with Crippen molar-refractivity contribution < 1.29 is 4.79 Å². The van der Waals surface area contributed by atoms with Crippen LogP contribution in [0.25, 0.3) is 5.69 Å². The average Bonchev–Trinajstić information content (AvgIpc) is 2.88. The number of hydrogen-bond acceptors (Lipinski definition) is 5. The van der Waals surface area contributed by atoms with Crippen LogP contribution in [0.4, 0.5) is 0 Å². The van der Waals surface area contributed by atoms with E-state index in [9.17, 15) is 4.79 Å². The Balaban J connectivity index is 1.63. The van der Waals surface area contributed by atoms with E-state index < -0.39 is 0 Å². The van der Waals surface area contributed by atoms with Gasteiger partial charge in [-0.1, -0.05) is 55.6 Å². The summed E-state index contributed by atoms with van der Waals surface area (Å²) >= 11 is 1.38. The van der Waals surface area contributed by atoms with Crippen LogP contribution in [0.1, 0.15) is 49.7 Å². The molecule has 0 radical (unpaired) electrons. The molecular formula is C18H25N5OS. The van der Waals surface area contributed by atoms with E-state index in [-0.39, 0.29) is 5.91 Å². The van der Waals surface area contributed by atoms with Crippen molar-refractivity contribution in [3.8, 4) is 5.69 Å². The fraction of sp³-hybridized carbons (Fsp3) is 0.556. The molecule has 0 aliphatic heterocycles. The van der Waals surface area contributed by atoms with Gasteiger partial charge in [-0.05, 0) is 48.2 Å². The summed E-state index contributed by atoms with van der Waals surface area (Å²) in [5.74, 6) is 0.398. The predicted molar refractivity (Wildman–Crippen MR) is 99.0 cm³/mol. The summed E-state index contributed by atoms with van der Waals surface area (Å²) in [5, 5.41) is 15.8. The van der Waals surface area contributed by atoms with Gasteiger partial charge in [0.2, 0.25) is 11.1 Å². The van der Waals surface area contributed by atoms with Gasteiger partial charge in [0.25, 0.3) is 0 Å². The topological polar surface area (TPSA) is 72.7 Å². The van der Waals surface area contributed by atoms with Gasteiger partial charge in [-0.15, -0.1) is 5.10 Å². The molecule has 0 saturated heterocycles. The second-order valence-corrected chi connectivity index (χ2v) is 7.60. The molecule has 1 aromatic carbocycles. The Labute approximate surface area is 152 Å². The van der Waals surface area contributed by atoms with Crippen molar-refractivity contribution in [3.63, 3.8) is 0 Å². The maximum absolute atomic E-state index is 12.3. The lowest BCUT2D eigenvalue weighted by molar-refractivity contribution is -0.119. The minimum Gasteiger partial charge on any atom is -0.353 e. The molecule has 1 N–H and O–H groups in total. The molecule has 1 heterocycles. The largest absolute Gasteiger partial charge is 0.353 e. The molecule has 0 atom stereocenters. The number of carbonyl (C=O) groups is 1. The van der Waals surface area contributed by atoms with Crippen LogP contribution in [-0.2, 0) is 4.79 Å². The monoisotopic (exact) mass is 359 g/mol. The molecule has 1 aromatic heterocycles. The highest BCUT2D eigenvalue weighted by molar-refractivity contribution is 7.99. The second kappa shape index (κ2) is 8.47. The van der Waals surface area contributed by atoms with Crippen LogP contribution in [0.3, 0.4) is 0 Å². The van der Waals surface area contributed by atoms with Crippen LogP contribution in [0.2, 0.25) is 0 Å². The number of rotatable bonds is 5. The van der Waals surface area contributed by atoms with Crippen LogP contribution >= 0.6 is 11.8 Å². The smallest absolute Gasteiger partial charge is 0.230 e. The Morgan fingerprint density at radius 2 is 1.88 bits per heavy atom. The summed E-state index contributed by atoms with van der Waals surface area (Å²) in [6.07, 6.45) is 7.18. The highest BCUT2D eigenvalue weighted by atomic mass is 32.2. The summed E-state index contributed by atoms with van der Waals surface area (Å²) in [5.41, 5.74) is 3.20. The third-order valence-electron chi connectivity index (χ3n) is 4.64. The van der Waals surface area contributed by atoms with Gasteiger partial charge in [-0.2, -0.15) is 4.68 Å². The van der Waals surface area contributed by atoms with Gasteiger partial charge in [-0.3, -0.25) is 4.79 Å². The molecule has 1 aliphatic rings. The molecule has 7 heteroatoms. The van der Waals surface area contributed by atoms with Gasteiger partial charge in [-0.25, -0.2) is 0 Å². The fourth-order valence-corrected chi connectivity index (χ4v) is 4.06. The number of carbonyl (C=O) groups excluding carboxylic acids is 1. The Kier molecular flexibility index (Phi) is 6.07. The quantitative estimate of drug-likeness (QED) is 0.655. The first-order valence-corrected chi connectivity index (χ1v) is 9.91. The summed E-state index contributed by atoms with van der Waals surface area (Å²) in [7, 11) is 0. The number of hydrogen-bond donors (Lipinski definition) is 1. The Morgan fingerprint density at radius 1 is 1.20 bits per heavy atom. The lowest BCUT2D eigenvalue weighted by atomic mass is 10.1. The molecule has 1 amide bonds. The van der Waals surface area contributed by atoms with Crippen molar-refractivity contribution >= 4 is 17.7 Å². The van der Waals surface area contributed by atoms with E-state index in [0.29, 0.717) is 17.0 Å². The first kappa shape index (κ1) is 17.9. The van der Waals surface area contributed by atoms with Crippen molar-refractivity contribution in [3.05, 3.63) is 29.3 Å². The standard InChI is InChI=1S/C18H25N5OS/c1-13-8-7-9-14(2)17(13)23-18(20-21-22-23)25-12-16(24)19-15-10-5-3-4-6-11-15/h7-9,15H,3-6,10-12H2,1-2H3,(H,19,24). The molecule has 6 nitrogen and oxygen atoms in total. The molecule has 25 heavy (non-hydrogen) atoms. The number of para-hydroxylation sites is 1. The molecule has 0 spiro atoms. The Morgan fingerprint density at radius 3 is 2.56 bits per heavy atom. The van der Waals surface area contributed by atoms with Crippen molar-refractivity contribution in [1.29, 1.82) is 0 Å². The summed E-state index contributed by atoms with van der Waals surface area (Å²) in [6.45, 7) is 4.08. The third kappa shape index (κ3) is 4.60. The number of tetrazole rings is 1. The van der Waals surface area contributed by atoms with Crippen molar-refractivity contribution in [2.45, 2.75) is 63.6 Å². The minimum atomic E-state index is 0.0629. The normalized spacial score (nSPS) is 15.8. The molecule has 2 aromatic rings. The van der Waals surface area contributed by atoms with E-state index in [0.717, 1.165) is 29.7 Å². The summed E-state index contributed by atoms with van der Waals surface area (Å²) < 4.78 is 1.73. The van der Waals surface area contributed by atoms with Crippen LogP contribution in [-0.4, -0.2) is 37.9 Å². The number of amides is 1. The van der Waals surface area contributed by atoms with Gasteiger partial charge < -0.3 is 5.32 Å². The predicted octanol–water partition coefficient (Wildman–Crippen LogP) is 3.21. The fourth-order valence-electron chi connectivity index (χ4n) is 3.37. The van der Waals surface area contributed by atoms with E-state index >= 15 is 0 Å². The molecule has 1 saturated carbocycles. The molecule has 1 aliphatic carbocycles. The number of nitrogens with one attached hydrogen (secondary N) is 1. The van der Waals surface area contributed by atoms with E-state index in [4.69, 9.17) is 0 Å². The maximum Gasteiger partial charge on any atom is 0.230 e. The summed E-state index contributed by atoms with van der Waals surface area (Å²) in [6, 6.07) is 6.42. The highest BCUT2D eigenvalue weighted by Gasteiger charge is 2.17. The number of benzene rings is 1. The first-order chi connectivity index (χ1) is 12.1. The van der Waals surface area contributed by atoms with Crippen LogP contribution in [0.15, 0.2) is 23.4 Å². The van der Waals surface area contributed by atoms with Gasteiger partial charge >= 0.3 is 0 Å². The highest BCUT2D eigenvalue weighted by Crippen LogP contribution is 2.23. The molecule has 1 fully saturated rings. The third-order valence-corrected chi connectivity index (χ3v) is 5.56. The van der Waals surface area contributed by atoms with E-state index in [1.807, 2.05) is 32.0 Å². The SMILES string of the molecule is Cc1cccc(C)c1-n1nnnc1SCC(=O)NC1CCCCCC1. The van der Waals surface area contributed by atoms with Crippen molar-refractivity contribution in [1.82, 2.24) is 25.5 Å². The zero-order chi connectivity index (χ0) is 17.6. The molecule has 0 bridgehead atoms. The molecule has 134 valence electrons. The lowest BCUT2D eigenvalue weighted by Gasteiger charge is -2.16. The number of nitrogens with zero attached hydrogens (tertiary/aromatic N) is 4. The average molecular weight is 359 g/mol. The van der Waals surface area contributed by atoms with Gasteiger partial charge in [0.05, 0.1) is 11.4 Å². The van der Waals surface area contributed by atoms with Crippen LogP contribution < -0.4 is 5.32 Å². The Hall–Kier alpha value is -1.89. The van der Waals surface area contributed by atoms with Gasteiger partial charge in [0.15, 0.2) is 0 Å². The van der Waals surface area contributed by atoms with E-state index in [1.54, 1.807) is 4.68 Å². The Bertz CT molecular complexity index is 702. The maximum atomic E-state index is 12.3. The first-order valence-electron chi connectivity index (χ1n) is 8.92. The van der Waals surface area contributed by atoms with Gasteiger partial charge in [0, 0.05) is 6.04 Å². The van der Waals surface area contributed by atoms with E-state index in [2.05, 4.69) is 20.8 Å². The second-order valence-electron chi connectivity index (χ2n) is 6.66. The van der Waals surface area contributed by atoms with Gasteiger partial charge in [0.1, 0.15) is 0 Å². The van der Waals surface area contributed by atoms with Crippen molar-refractivity contribution in [2.24, 2.45) is 0 Å². The zero-order valence-corrected chi connectivity index (χ0v) is 15.7.